The number of ether oxygens (including phenoxy) is 1. The molecular weight excluding hydrogens is 276 g/mol. The van der Waals surface area contributed by atoms with Crippen LogP contribution in [-0.4, -0.2) is 36.3 Å². The topological polar surface area (TPSA) is 38.5 Å². The number of benzene rings is 1. The molecule has 1 aliphatic heterocycles. The van der Waals surface area contributed by atoms with Gasteiger partial charge in [0.25, 0.3) is 5.88 Å². The van der Waals surface area contributed by atoms with Crippen LogP contribution < -0.4 is 4.74 Å². The van der Waals surface area contributed by atoms with Crippen molar-refractivity contribution < 1.29 is 9.26 Å². The van der Waals surface area contributed by atoms with E-state index in [1.165, 1.54) is 0 Å². The van der Waals surface area contributed by atoms with Gasteiger partial charge in [0.1, 0.15) is 6.10 Å². The molecule has 0 radical (unpaired) electrons. The van der Waals surface area contributed by atoms with Gasteiger partial charge in [-0.1, -0.05) is 41.9 Å². The molecule has 0 aliphatic carbocycles. The van der Waals surface area contributed by atoms with Gasteiger partial charge < -0.3 is 14.2 Å². The van der Waals surface area contributed by atoms with Crippen LogP contribution in [-0.2, 0) is 0 Å². The summed E-state index contributed by atoms with van der Waals surface area (Å²) in [6, 6.07) is 9.69. The average molecular weight is 293 g/mol. The summed E-state index contributed by atoms with van der Waals surface area (Å²) in [7, 11) is 2.12. The molecule has 0 amide bonds. The summed E-state index contributed by atoms with van der Waals surface area (Å²) in [5, 5.41) is 4.42. The molecule has 1 aliphatic rings. The Morgan fingerprint density at radius 1 is 1.25 bits per heavy atom. The van der Waals surface area contributed by atoms with E-state index < -0.39 is 0 Å². The van der Waals surface area contributed by atoms with E-state index >= 15 is 0 Å². The molecule has 0 atom stereocenters. The summed E-state index contributed by atoms with van der Waals surface area (Å²) in [6.45, 7) is 2.07. The fourth-order valence-corrected chi connectivity index (χ4v) is 2.59. The maximum absolute atomic E-state index is 6.32. The van der Waals surface area contributed by atoms with E-state index in [1.54, 1.807) is 0 Å². The van der Waals surface area contributed by atoms with Crippen LogP contribution in [0.25, 0.3) is 11.3 Å². The van der Waals surface area contributed by atoms with Crippen LogP contribution in [0.1, 0.15) is 12.8 Å². The van der Waals surface area contributed by atoms with Gasteiger partial charge >= 0.3 is 0 Å². The number of hydrogen-bond donors (Lipinski definition) is 0. The number of aromatic nitrogens is 1. The molecule has 0 saturated carbocycles. The number of halogens is 1. The number of rotatable bonds is 3. The second-order valence-corrected chi connectivity index (χ2v) is 5.50. The second-order valence-electron chi connectivity index (χ2n) is 5.12. The van der Waals surface area contributed by atoms with Crippen LogP contribution in [0, 0.1) is 0 Å². The molecule has 0 unspecified atom stereocenters. The third-order valence-corrected chi connectivity index (χ3v) is 3.92. The number of hydrogen-bond acceptors (Lipinski definition) is 4. The average Bonchev–Trinajstić information content (AvgIpc) is 2.84. The predicted molar refractivity (Wildman–Crippen MR) is 78.1 cm³/mol. The van der Waals surface area contributed by atoms with Crippen LogP contribution in [0.15, 0.2) is 34.9 Å². The van der Waals surface area contributed by atoms with Crippen molar-refractivity contribution in [2.24, 2.45) is 0 Å². The first-order valence-electron chi connectivity index (χ1n) is 6.80. The van der Waals surface area contributed by atoms with Crippen molar-refractivity contribution >= 4 is 11.6 Å². The number of nitrogens with zero attached hydrogens (tertiary/aromatic N) is 2. The van der Waals surface area contributed by atoms with Gasteiger partial charge in [0.05, 0.1) is 0 Å². The molecule has 1 aromatic heterocycles. The maximum atomic E-state index is 6.32. The lowest BCUT2D eigenvalue weighted by molar-refractivity contribution is 0.106. The van der Waals surface area contributed by atoms with Crippen molar-refractivity contribution in [1.82, 2.24) is 10.1 Å². The Balaban J connectivity index is 1.74. The lowest BCUT2D eigenvalue weighted by Crippen LogP contribution is -2.35. The molecule has 0 bridgehead atoms. The highest BCUT2D eigenvalue weighted by Crippen LogP contribution is 2.36. The third kappa shape index (κ3) is 2.81. The van der Waals surface area contributed by atoms with Crippen LogP contribution in [0.3, 0.4) is 0 Å². The zero-order chi connectivity index (χ0) is 13.9. The van der Waals surface area contributed by atoms with Crippen molar-refractivity contribution in [2.45, 2.75) is 18.9 Å². The summed E-state index contributed by atoms with van der Waals surface area (Å²) in [5.41, 5.74) is 0.906. The minimum atomic E-state index is 0.164. The van der Waals surface area contributed by atoms with Gasteiger partial charge in [-0.2, -0.15) is 0 Å². The van der Waals surface area contributed by atoms with E-state index in [1.807, 2.05) is 30.3 Å². The van der Waals surface area contributed by atoms with Crippen molar-refractivity contribution in [2.75, 3.05) is 20.1 Å². The second kappa shape index (κ2) is 5.85. The Labute approximate surface area is 123 Å². The minimum absolute atomic E-state index is 0.164. The molecule has 2 heterocycles. The molecule has 20 heavy (non-hydrogen) atoms. The van der Waals surface area contributed by atoms with Gasteiger partial charge in [0.15, 0.2) is 10.8 Å². The highest BCUT2D eigenvalue weighted by atomic mass is 35.5. The van der Waals surface area contributed by atoms with Crippen molar-refractivity contribution in [3.05, 3.63) is 35.4 Å². The van der Waals surface area contributed by atoms with E-state index in [-0.39, 0.29) is 6.10 Å². The molecular formula is C15H17ClN2O2. The Morgan fingerprint density at radius 2 is 1.95 bits per heavy atom. The van der Waals surface area contributed by atoms with Crippen molar-refractivity contribution in [3.8, 4) is 17.2 Å². The fourth-order valence-electron chi connectivity index (χ4n) is 2.37. The molecule has 0 N–H and O–H groups in total. The van der Waals surface area contributed by atoms with Gasteiger partial charge in [0, 0.05) is 18.7 Å². The smallest absolute Gasteiger partial charge is 0.274 e. The molecule has 1 saturated heterocycles. The highest BCUT2D eigenvalue weighted by molar-refractivity contribution is 6.34. The van der Waals surface area contributed by atoms with Crippen LogP contribution in [0.2, 0.25) is 5.02 Å². The Morgan fingerprint density at radius 3 is 2.65 bits per heavy atom. The first kappa shape index (κ1) is 13.5. The van der Waals surface area contributed by atoms with Gasteiger partial charge in [-0.3, -0.25) is 0 Å². The molecule has 1 aromatic carbocycles. The zero-order valence-corrected chi connectivity index (χ0v) is 12.1. The number of likely N-dealkylation sites (tertiary alicyclic amines) is 1. The number of piperidine rings is 1. The first-order valence-corrected chi connectivity index (χ1v) is 7.17. The third-order valence-electron chi connectivity index (χ3n) is 3.59. The van der Waals surface area contributed by atoms with E-state index in [0.717, 1.165) is 31.5 Å². The van der Waals surface area contributed by atoms with Crippen LogP contribution >= 0.6 is 11.6 Å². The minimum Gasteiger partial charge on any atom is -0.471 e. The monoisotopic (exact) mass is 292 g/mol. The summed E-state index contributed by atoms with van der Waals surface area (Å²) >= 11 is 6.32. The molecule has 0 spiro atoms. The highest BCUT2D eigenvalue weighted by Gasteiger charge is 2.23. The quantitative estimate of drug-likeness (QED) is 0.868. The van der Waals surface area contributed by atoms with Gasteiger partial charge in [0.2, 0.25) is 0 Å². The van der Waals surface area contributed by atoms with Crippen LogP contribution in [0.4, 0.5) is 0 Å². The lowest BCUT2D eigenvalue weighted by Gasteiger charge is -2.28. The standard InChI is InChI=1S/C15H17ClN2O2/c1-18-9-7-12(8-10-18)19-15-13(16)14(20-17-15)11-5-3-2-4-6-11/h2-6,12H,7-10H2,1H3. The van der Waals surface area contributed by atoms with Crippen molar-refractivity contribution in [1.29, 1.82) is 0 Å². The summed E-state index contributed by atoms with van der Waals surface area (Å²) in [6.07, 6.45) is 2.14. The molecule has 3 rings (SSSR count). The summed E-state index contributed by atoms with van der Waals surface area (Å²) in [4.78, 5) is 2.29. The Kier molecular flexibility index (Phi) is 3.94. The molecule has 5 heteroatoms. The lowest BCUT2D eigenvalue weighted by atomic mass is 10.1. The van der Waals surface area contributed by atoms with E-state index in [4.69, 9.17) is 20.9 Å². The van der Waals surface area contributed by atoms with Gasteiger partial charge in [-0.05, 0) is 25.0 Å². The largest absolute Gasteiger partial charge is 0.471 e. The summed E-state index contributed by atoms with van der Waals surface area (Å²) in [5.74, 6) is 0.968. The zero-order valence-electron chi connectivity index (χ0n) is 11.4. The summed E-state index contributed by atoms with van der Waals surface area (Å²) < 4.78 is 11.2. The predicted octanol–water partition coefficient (Wildman–Crippen LogP) is 3.47. The van der Waals surface area contributed by atoms with Gasteiger partial charge in [-0.25, -0.2) is 0 Å². The molecule has 2 aromatic rings. The SMILES string of the molecule is CN1CCC(Oc2noc(-c3ccccc3)c2Cl)CC1. The van der Waals surface area contributed by atoms with Crippen molar-refractivity contribution in [3.63, 3.8) is 0 Å². The molecule has 4 nitrogen and oxygen atoms in total. The maximum Gasteiger partial charge on any atom is 0.274 e. The van der Waals surface area contributed by atoms with E-state index in [0.29, 0.717) is 16.7 Å². The van der Waals surface area contributed by atoms with Gasteiger partial charge in [-0.15, -0.1) is 0 Å². The fraction of sp³-hybridized carbons (Fsp3) is 0.400. The molecule has 1 fully saturated rings. The first-order chi connectivity index (χ1) is 9.74. The Hall–Kier alpha value is -1.52. The Bertz CT molecular complexity index is 563. The van der Waals surface area contributed by atoms with E-state index in [9.17, 15) is 0 Å². The van der Waals surface area contributed by atoms with Crippen LogP contribution in [0.5, 0.6) is 5.88 Å². The normalized spacial score (nSPS) is 17.3. The molecule has 106 valence electrons. The van der Waals surface area contributed by atoms with E-state index in [2.05, 4.69) is 17.1 Å².